The van der Waals surface area contributed by atoms with Gasteiger partial charge in [0.15, 0.2) is 11.6 Å². The lowest BCUT2D eigenvalue weighted by atomic mass is 10.2. The van der Waals surface area contributed by atoms with Gasteiger partial charge in [-0.25, -0.2) is 9.07 Å². The molecule has 0 saturated heterocycles. The summed E-state index contributed by atoms with van der Waals surface area (Å²) in [6.45, 7) is 0.165. The second kappa shape index (κ2) is 6.31. The summed E-state index contributed by atoms with van der Waals surface area (Å²) in [6, 6.07) is 3.78. The number of methoxy groups -OCH3 is 1. The van der Waals surface area contributed by atoms with Gasteiger partial charge in [-0.1, -0.05) is 17.3 Å². The Morgan fingerprint density at radius 2 is 2.33 bits per heavy atom. The van der Waals surface area contributed by atoms with E-state index in [-0.39, 0.29) is 18.7 Å². The Bertz CT molecular complexity index is 644. The smallest absolute Gasteiger partial charge is 0.320 e. The van der Waals surface area contributed by atoms with E-state index in [1.165, 1.54) is 17.9 Å². The number of carboxylic acids is 1. The van der Waals surface area contributed by atoms with Gasteiger partial charge in [0.1, 0.15) is 6.04 Å². The fourth-order valence-electron chi connectivity index (χ4n) is 1.83. The summed E-state index contributed by atoms with van der Waals surface area (Å²) in [6.07, 6.45) is 1.61. The Morgan fingerprint density at radius 1 is 1.57 bits per heavy atom. The van der Waals surface area contributed by atoms with Crippen LogP contribution in [0.4, 0.5) is 4.39 Å². The van der Waals surface area contributed by atoms with Gasteiger partial charge in [0.05, 0.1) is 19.3 Å². The van der Waals surface area contributed by atoms with Crippen molar-refractivity contribution in [2.45, 2.75) is 19.0 Å². The van der Waals surface area contributed by atoms with Gasteiger partial charge in [-0.15, -0.1) is 5.10 Å². The van der Waals surface area contributed by atoms with Crippen molar-refractivity contribution < 1.29 is 19.0 Å². The molecule has 0 aliphatic carbocycles. The number of rotatable bonds is 6. The number of aliphatic carboxylic acids is 1. The molecule has 3 N–H and O–H groups in total. The molecule has 1 atom stereocenters. The van der Waals surface area contributed by atoms with Gasteiger partial charge in [0.25, 0.3) is 0 Å². The number of ether oxygens (including phenoxy) is 1. The average molecular weight is 294 g/mol. The molecule has 1 unspecified atom stereocenters. The second-order valence-electron chi connectivity index (χ2n) is 4.49. The molecule has 1 heterocycles. The van der Waals surface area contributed by atoms with Crippen molar-refractivity contribution in [1.82, 2.24) is 15.0 Å². The Labute approximate surface area is 120 Å². The van der Waals surface area contributed by atoms with Crippen LogP contribution in [0.5, 0.6) is 5.75 Å². The summed E-state index contributed by atoms with van der Waals surface area (Å²) in [5, 5.41) is 16.4. The zero-order chi connectivity index (χ0) is 15.4. The molecule has 8 heteroatoms. The lowest BCUT2D eigenvalue weighted by Crippen LogP contribution is -2.32. The maximum absolute atomic E-state index is 14.0. The van der Waals surface area contributed by atoms with Gasteiger partial charge in [0, 0.05) is 18.2 Å². The summed E-state index contributed by atoms with van der Waals surface area (Å²) < 4.78 is 20.3. The first-order chi connectivity index (χ1) is 10.0. The monoisotopic (exact) mass is 294 g/mol. The topological polar surface area (TPSA) is 103 Å². The number of carboxylic acid groups (broad SMARTS) is 1. The first-order valence-electron chi connectivity index (χ1n) is 6.20. The quantitative estimate of drug-likeness (QED) is 0.800. The minimum atomic E-state index is -1.11. The van der Waals surface area contributed by atoms with Crippen LogP contribution in [0, 0.1) is 5.82 Å². The van der Waals surface area contributed by atoms with E-state index in [1.54, 1.807) is 18.3 Å². The normalized spacial score (nSPS) is 12.1. The van der Waals surface area contributed by atoms with E-state index < -0.39 is 17.8 Å². The Balaban J connectivity index is 2.11. The SMILES string of the molecule is COc1cccc(Cn2cc(CC(N)C(=O)O)nn2)c1F. The zero-order valence-corrected chi connectivity index (χ0v) is 11.4. The highest BCUT2D eigenvalue weighted by Gasteiger charge is 2.15. The number of benzene rings is 1. The van der Waals surface area contributed by atoms with E-state index >= 15 is 0 Å². The van der Waals surface area contributed by atoms with Crippen molar-refractivity contribution in [2.75, 3.05) is 7.11 Å². The van der Waals surface area contributed by atoms with Crippen molar-refractivity contribution in [3.63, 3.8) is 0 Å². The molecule has 1 aromatic heterocycles. The summed E-state index contributed by atoms with van der Waals surface area (Å²) in [4.78, 5) is 10.7. The third kappa shape index (κ3) is 3.54. The third-order valence-electron chi connectivity index (χ3n) is 2.93. The molecule has 0 spiro atoms. The molecule has 0 fully saturated rings. The number of aromatic nitrogens is 3. The van der Waals surface area contributed by atoms with Crippen molar-refractivity contribution >= 4 is 5.97 Å². The average Bonchev–Trinajstić information content (AvgIpc) is 2.88. The molecule has 2 rings (SSSR count). The molecule has 7 nitrogen and oxygen atoms in total. The van der Waals surface area contributed by atoms with Crippen LogP contribution in [0.15, 0.2) is 24.4 Å². The minimum absolute atomic E-state index is 0.0654. The first kappa shape index (κ1) is 14.9. The van der Waals surface area contributed by atoms with E-state index in [9.17, 15) is 9.18 Å². The number of hydrogen-bond donors (Lipinski definition) is 2. The maximum Gasteiger partial charge on any atom is 0.320 e. The van der Waals surface area contributed by atoms with E-state index in [0.717, 1.165) is 0 Å². The summed E-state index contributed by atoms with van der Waals surface area (Å²) >= 11 is 0. The molecule has 0 amide bonds. The lowest BCUT2D eigenvalue weighted by Gasteiger charge is -2.06. The highest BCUT2D eigenvalue weighted by atomic mass is 19.1. The third-order valence-corrected chi connectivity index (χ3v) is 2.93. The van der Waals surface area contributed by atoms with Crippen LogP contribution in [0.2, 0.25) is 0 Å². The molecule has 2 aromatic rings. The van der Waals surface area contributed by atoms with Crippen LogP contribution in [0.1, 0.15) is 11.3 Å². The Kier molecular flexibility index (Phi) is 4.49. The Hall–Kier alpha value is -2.48. The van der Waals surface area contributed by atoms with Crippen LogP contribution in [-0.4, -0.2) is 39.2 Å². The van der Waals surface area contributed by atoms with E-state index in [1.807, 2.05) is 0 Å². The summed E-state index contributed by atoms with van der Waals surface area (Å²) in [5.41, 5.74) is 6.25. The van der Waals surface area contributed by atoms with Crippen molar-refractivity contribution in [1.29, 1.82) is 0 Å². The van der Waals surface area contributed by atoms with Gasteiger partial charge in [0.2, 0.25) is 0 Å². The molecule has 0 radical (unpaired) electrons. The molecule has 112 valence electrons. The summed E-state index contributed by atoms with van der Waals surface area (Å²) in [5.74, 6) is -1.41. The number of hydrogen-bond acceptors (Lipinski definition) is 5. The van der Waals surface area contributed by atoms with Crippen molar-refractivity contribution in [3.8, 4) is 5.75 Å². The lowest BCUT2D eigenvalue weighted by molar-refractivity contribution is -0.138. The standard InChI is InChI=1S/C13H15FN4O3/c1-21-11-4-2-3-8(12(11)14)6-18-7-9(16-17-18)5-10(15)13(19)20/h2-4,7,10H,5-6,15H2,1H3,(H,19,20). The minimum Gasteiger partial charge on any atom is -0.494 e. The molecule has 0 aliphatic rings. The van der Waals surface area contributed by atoms with Crippen LogP contribution in [-0.2, 0) is 17.8 Å². The predicted octanol–water partition coefficient (Wildman–Crippen LogP) is 0.428. The molecular formula is C13H15FN4O3. The predicted molar refractivity (Wildman–Crippen MR) is 71.4 cm³/mol. The highest BCUT2D eigenvalue weighted by Crippen LogP contribution is 2.20. The van der Waals surface area contributed by atoms with E-state index in [2.05, 4.69) is 10.3 Å². The first-order valence-corrected chi connectivity index (χ1v) is 6.20. The number of nitrogens with zero attached hydrogens (tertiary/aromatic N) is 3. The van der Waals surface area contributed by atoms with Crippen molar-refractivity contribution in [3.05, 3.63) is 41.5 Å². The molecule has 0 saturated carbocycles. The number of nitrogens with two attached hydrogens (primary N) is 1. The van der Waals surface area contributed by atoms with Crippen LogP contribution < -0.4 is 10.5 Å². The highest BCUT2D eigenvalue weighted by molar-refractivity contribution is 5.73. The molecular weight excluding hydrogens is 279 g/mol. The zero-order valence-electron chi connectivity index (χ0n) is 11.4. The fraction of sp³-hybridized carbons (Fsp3) is 0.308. The molecule has 0 aliphatic heterocycles. The van der Waals surface area contributed by atoms with Crippen LogP contribution >= 0.6 is 0 Å². The van der Waals surface area contributed by atoms with Gasteiger partial charge < -0.3 is 15.6 Å². The largest absolute Gasteiger partial charge is 0.494 e. The molecule has 1 aromatic carbocycles. The van der Waals surface area contributed by atoms with Crippen LogP contribution in [0.3, 0.4) is 0 Å². The Morgan fingerprint density at radius 3 is 3.00 bits per heavy atom. The van der Waals surface area contributed by atoms with Gasteiger partial charge in [-0.2, -0.15) is 0 Å². The van der Waals surface area contributed by atoms with Gasteiger partial charge >= 0.3 is 5.97 Å². The van der Waals surface area contributed by atoms with Gasteiger partial charge in [-0.3, -0.25) is 4.79 Å². The van der Waals surface area contributed by atoms with E-state index in [4.69, 9.17) is 15.6 Å². The second-order valence-corrected chi connectivity index (χ2v) is 4.49. The van der Waals surface area contributed by atoms with E-state index in [0.29, 0.717) is 11.3 Å². The van der Waals surface area contributed by atoms with Crippen molar-refractivity contribution in [2.24, 2.45) is 5.73 Å². The molecule has 21 heavy (non-hydrogen) atoms. The van der Waals surface area contributed by atoms with Crippen LogP contribution in [0.25, 0.3) is 0 Å². The molecule has 0 bridgehead atoms. The maximum atomic E-state index is 14.0. The summed E-state index contributed by atoms with van der Waals surface area (Å²) in [7, 11) is 1.39. The number of halogens is 1. The number of carbonyl (C=O) groups is 1. The van der Waals surface area contributed by atoms with Gasteiger partial charge in [-0.05, 0) is 6.07 Å². The fourth-order valence-corrected chi connectivity index (χ4v) is 1.83.